The number of rotatable bonds is 2. The van der Waals surface area contributed by atoms with Crippen molar-refractivity contribution in [3.8, 4) is 5.75 Å². The maximum Gasteiger partial charge on any atom is 0.134 e. The topological polar surface area (TPSA) is 55.7 Å². The van der Waals surface area contributed by atoms with E-state index < -0.39 is 5.60 Å². The second kappa shape index (κ2) is 5.59. The highest BCUT2D eigenvalue weighted by Crippen LogP contribution is 2.56. The molecule has 1 aromatic carbocycles. The van der Waals surface area contributed by atoms with E-state index in [0.717, 1.165) is 63.3 Å². The number of nitrogens with zero attached hydrogens (tertiary/aromatic N) is 1. The fourth-order valence-corrected chi connectivity index (χ4v) is 6.04. The van der Waals surface area contributed by atoms with E-state index in [-0.39, 0.29) is 17.2 Å². The molecule has 2 aliphatic heterocycles. The summed E-state index contributed by atoms with van der Waals surface area (Å²) in [4.78, 5) is 2.56. The molecular formula is C20H27ClN2O2. The van der Waals surface area contributed by atoms with Gasteiger partial charge in [0.25, 0.3) is 0 Å². The van der Waals surface area contributed by atoms with Gasteiger partial charge in [0, 0.05) is 18.0 Å². The zero-order valence-electron chi connectivity index (χ0n) is 14.6. The predicted molar refractivity (Wildman–Crippen MR) is 98.3 cm³/mol. The van der Waals surface area contributed by atoms with Crippen molar-refractivity contribution < 1.29 is 10.2 Å². The van der Waals surface area contributed by atoms with E-state index in [1.54, 1.807) is 0 Å². The molecule has 0 spiro atoms. The molecule has 5 rings (SSSR count). The quantitative estimate of drug-likeness (QED) is 0.756. The molecule has 136 valence electrons. The van der Waals surface area contributed by atoms with E-state index in [9.17, 15) is 10.2 Å². The average Bonchev–Trinajstić information content (AvgIpc) is 3.39. The molecule has 3 N–H and O–H groups in total. The summed E-state index contributed by atoms with van der Waals surface area (Å²) < 4.78 is 0. The summed E-state index contributed by atoms with van der Waals surface area (Å²) in [6, 6.07) is 3.95. The Morgan fingerprint density at radius 2 is 2.00 bits per heavy atom. The van der Waals surface area contributed by atoms with Gasteiger partial charge in [-0.05, 0) is 87.3 Å². The van der Waals surface area contributed by atoms with Crippen molar-refractivity contribution >= 4 is 11.6 Å². The van der Waals surface area contributed by atoms with Crippen molar-refractivity contribution in [1.82, 2.24) is 10.2 Å². The van der Waals surface area contributed by atoms with Crippen molar-refractivity contribution in [2.24, 2.45) is 5.92 Å². The van der Waals surface area contributed by atoms with Gasteiger partial charge in [-0.25, -0.2) is 0 Å². The van der Waals surface area contributed by atoms with Gasteiger partial charge in [0.1, 0.15) is 5.75 Å². The third-order valence-corrected chi connectivity index (χ3v) is 7.65. The maximum absolute atomic E-state index is 12.1. The van der Waals surface area contributed by atoms with E-state index in [1.807, 2.05) is 12.1 Å². The molecule has 25 heavy (non-hydrogen) atoms. The van der Waals surface area contributed by atoms with Crippen molar-refractivity contribution in [2.75, 3.05) is 26.2 Å². The Morgan fingerprint density at radius 3 is 2.80 bits per heavy atom. The smallest absolute Gasteiger partial charge is 0.134 e. The van der Waals surface area contributed by atoms with Gasteiger partial charge in [-0.1, -0.05) is 11.6 Å². The van der Waals surface area contributed by atoms with E-state index >= 15 is 0 Å². The van der Waals surface area contributed by atoms with Gasteiger partial charge in [0.2, 0.25) is 0 Å². The van der Waals surface area contributed by atoms with Crippen molar-refractivity contribution in [3.63, 3.8) is 0 Å². The number of nitrogens with one attached hydrogen (secondary N) is 1. The van der Waals surface area contributed by atoms with E-state index in [2.05, 4.69) is 10.2 Å². The lowest BCUT2D eigenvalue weighted by Gasteiger charge is -2.61. The number of halogens is 1. The molecule has 2 heterocycles. The number of phenols is 1. The molecule has 2 saturated heterocycles. The number of aromatic hydroxyl groups is 1. The van der Waals surface area contributed by atoms with E-state index in [0.29, 0.717) is 5.02 Å². The van der Waals surface area contributed by atoms with Crippen LogP contribution in [0.5, 0.6) is 5.75 Å². The SMILES string of the molecule is Oc1cc2c(cc1Cl)CC1N(CC3CC3)CCC23CCNCCC13O. The summed E-state index contributed by atoms with van der Waals surface area (Å²) in [5.41, 5.74) is 1.37. The first-order chi connectivity index (χ1) is 12.0. The lowest BCUT2D eigenvalue weighted by Crippen LogP contribution is -2.71. The summed E-state index contributed by atoms with van der Waals surface area (Å²) in [5, 5.41) is 26.2. The van der Waals surface area contributed by atoms with Crippen LogP contribution in [0.4, 0.5) is 0 Å². The average molecular weight is 363 g/mol. The van der Waals surface area contributed by atoms with Gasteiger partial charge in [0.05, 0.1) is 10.6 Å². The highest BCUT2D eigenvalue weighted by Gasteiger charge is 2.62. The highest BCUT2D eigenvalue weighted by atomic mass is 35.5. The first kappa shape index (κ1) is 16.4. The van der Waals surface area contributed by atoms with Gasteiger partial charge >= 0.3 is 0 Å². The van der Waals surface area contributed by atoms with Gasteiger partial charge in [-0.3, -0.25) is 4.90 Å². The Bertz CT molecular complexity index is 707. The lowest BCUT2D eigenvalue weighted by molar-refractivity contribution is -0.148. The van der Waals surface area contributed by atoms with Crippen molar-refractivity contribution in [1.29, 1.82) is 0 Å². The van der Waals surface area contributed by atoms with Gasteiger partial charge < -0.3 is 15.5 Å². The molecule has 4 aliphatic rings. The lowest BCUT2D eigenvalue weighted by atomic mass is 9.52. The molecule has 1 aromatic rings. The van der Waals surface area contributed by atoms with Crippen molar-refractivity contribution in [3.05, 3.63) is 28.3 Å². The van der Waals surface area contributed by atoms with Crippen LogP contribution in [0.25, 0.3) is 0 Å². The summed E-state index contributed by atoms with van der Waals surface area (Å²) in [6.07, 6.45) is 6.17. The third kappa shape index (κ3) is 2.31. The number of hydrogen-bond donors (Lipinski definition) is 3. The number of hydrogen-bond acceptors (Lipinski definition) is 4. The van der Waals surface area contributed by atoms with Crippen LogP contribution in [-0.4, -0.2) is 52.9 Å². The van der Waals surface area contributed by atoms with E-state index in [1.165, 1.54) is 18.4 Å². The van der Waals surface area contributed by atoms with Crippen LogP contribution in [0.15, 0.2) is 12.1 Å². The normalized spacial score (nSPS) is 37.9. The molecule has 0 radical (unpaired) electrons. The van der Waals surface area contributed by atoms with Crippen LogP contribution in [0.2, 0.25) is 5.02 Å². The van der Waals surface area contributed by atoms with E-state index in [4.69, 9.17) is 11.6 Å². The minimum absolute atomic E-state index is 0.146. The number of phenolic OH excluding ortho intramolecular Hbond substituents is 1. The Kier molecular flexibility index (Phi) is 3.66. The van der Waals surface area contributed by atoms with Crippen LogP contribution in [0.1, 0.15) is 43.2 Å². The highest BCUT2D eigenvalue weighted by molar-refractivity contribution is 6.32. The second-order valence-corrected chi connectivity index (χ2v) is 9.03. The molecule has 4 nitrogen and oxygen atoms in total. The zero-order chi connectivity index (χ0) is 17.2. The first-order valence-corrected chi connectivity index (χ1v) is 10.1. The molecule has 3 atom stereocenters. The van der Waals surface area contributed by atoms with Crippen LogP contribution in [0, 0.1) is 5.92 Å². The molecule has 2 aliphatic carbocycles. The molecular weight excluding hydrogens is 336 g/mol. The van der Waals surface area contributed by atoms with Gasteiger partial charge in [-0.15, -0.1) is 0 Å². The van der Waals surface area contributed by atoms with Crippen molar-refractivity contribution in [2.45, 2.75) is 55.6 Å². The fourth-order valence-electron chi connectivity index (χ4n) is 5.86. The number of likely N-dealkylation sites (tertiary alicyclic amines) is 1. The largest absolute Gasteiger partial charge is 0.506 e. The Hall–Kier alpha value is -0.810. The number of benzene rings is 1. The Labute approximate surface area is 154 Å². The number of fused-ring (bicyclic) bond motifs is 1. The fraction of sp³-hybridized carbons (Fsp3) is 0.700. The predicted octanol–water partition coefficient (Wildman–Crippen LogP) is 2.44. The minimum atomic E-state index is -0.725. The third-order valence-electron chi connectivity index (χ3n) is 7.35. The van der Waals surface area contributed by atoms with Crippen LogP contribution in [0.3, 0.4) is 0 Å². The molecule has 0 amide bonds. The zero-order valence-corrected chi connectivity index (χ0v) is 15.4. The molecule has 1 saturated carbocycles. The second-order valence-electron chi connectivity index (χ2n) is 8.63. The van der Waals surface area contributed by atoms with Gasteiger partial charge in [0.15, 0.2) is 0 Å². The van der Waals surface area contributed by atoms with Gasteiger partial charge in [-0.2, -0.15) is 0 Å². The number of piperidine rings is 1. The Morgan fingerprint density at radius 1 is 1.20 bits per heavy atom. The monoisotopic (exact) mass is 362 g/mol. The maximum atomic E-state index is 12.1. The molecule has 3 unspecified atom stereocenters. The molecule has 3 fully saturated rings. The summed E-state index contributed by atoms with van der Waals surface area (Å²) >= 11 is 6.23. The number of aliphatic hydroxyl groups is 1. The molecule has 2 bridgehead atoms. The molecule has 5 heteroatoms. The van der Waals surface area contributed by atoms with Crippen LogP contribution in [-0.2, 0) is 11.8 Å². The minimum Gasteiger partial charge on any atom is -0.506 e. The summed E-state index contributed by atoms with van der Waals surface area (Å²) in [7, 11) is 0. The van der Waals surface area contributed by atoms with Crippen LogP contribution >= 0.6 is 11.6 Å². The van der Waals surface area contributed by atoms with Crippen LogP contribution < -0.4 is 5.32 Å². The summed E-state index contributed by atoms with van der Waals surface area (Å²) in [6.45, 7) is 3.95. The summed E-state index contributed by atoms with van der Waals surface area (Å²) in [5.74, 6) is 0.970. The Balaban J connectivity index is 1.66. The standard InChI is InChI=1S/C20H27ClN2O2/c21-16-9-14-10-18-20(25)4-7-22-6-3-19(20,15(14)11-17(16)24)5-8-23(18)12-13-1-2-13/h9,11,13,18,22,24-25H,1-8,10,12H2. The molecule has 0 aromatic heterocycles. The first-order valence-electron chi connectivity index (χ1n) is 9.72.